The number of rotatable bonds is 4. The van der Waals surface area contributed by atoms with Gasteiger partial charge < -0.3 is 4.57 Å². The molecule has 7 heteroatoms. The second-order valence-electron chi connectivity index (χ2n) is 4.65. The van der Waals surface area contributed by atoms with Crippen molar-refractivity contribution in [3.63, 3.8) is 0 Å². The molecule has 104 valence electrons. The Morgan fingerprint density at radius 3 is 2.90 bits per heavy atom. The quantitative estimate of drug-likeness (QED) is 0.686. The minimum atomic E-state index is 0.538. The Morgan fingerprint density at radius 1 is 1.35 bits per heavy atom. The highest BCUT2D eigenvalue weighted by Gasteiger charge is 2.17. The number of fused-ring (bicyclic) bond motifs is 1. The summed E-state index contributed by atoms with van der Waals surface area (Å²) in [6, 6.07) is 3.83. The maximum absolute atomic E-state index is 5.88. The van der Waals surface area contributed by atoms with E-state index in [4.69, 9.17) is 11.6 Å². The van der Waals surface area contributed by atoms with Crippen LogP contribution >= 0.6 is 11.6 Å². The van der Waals surface area contributed by atoms with Crippen LogP contribution in [-0.4, -0.2) is 35.4 Å². The molecule has 0 aliphatic heterocycles. The highest BCUT2D eigenvalue weighted by atomic mass is 35.5. The van der Waals surface area contributed by atoms with Crippen LogP contribution in [0.3, 0.4) is 0 Å². The van der Waals surface area contributed by atoms with Crippen molar-refractivity contribution >= 4 is 22.8 Å². The Morgan fingerprint density at radius 2 is 2.20 bits per heavy atom. The minimum Gasteiger partial charge on any atom is -0.307 e. The van der Waals surface area contributed by atoms with Gasteiger partial charge in [-0.1, -0.05) is 0 Å². The van der Waals surface area contributed by atoms with Crippen molar-refractivity contribution in [1.82, 2.24) is 29.5 Å². The highest BCUT2D eigenvalue weighted by Crippen LogP contribution is 2.20. The molecule has 0 aliphatic carbocycles. The third-order valence-electron chi connectivity index (χ3n) is 3.23. The predicted molar refractivity (Wildman–Crippen MR) is 76.8 cm³/mol. The van der Waals surface area contributed by atoms with E-state index in [1.165, 1.54) is 0 Å². The second-order valence-corrected chi connectivity index (χ2v) is 5.03. The lowest BCUT2D eigenvalue weighted by molar-refractivity contribution is 0.677. The SMILES string of the molecule is Cc1nn(C)c2c1nc(CCCl)n2Cc1cccnn1. The van der Waals surface area contributed by atoms with E-state index in [1.54, 1.807) is 6.20 Å². The minimum absolute atomic E-state index is 0.538. The molecule has 0 saturated heterocycles. The molecule has 6 nitrogen and oxygen atoms in total. The maximum Gasteiger partial charge on any atom is 0.159 e. The Bertz CT molecular complexity index is 730. The number of hydrogen-bond acceptors (Lipinski definition) is 4. The van der Waals surface area contributed by atoms with Gasteiger partial charge in [-0.3, -0.25) is 4.68 Å². The number of nitrogens with zero attached hydrogens (tertiary/aromatic N) is 6. The largest absolute Gasteiger partial charge is 0.307 e. The Kier molecular flexibility index (Phi) is 3.40. The lowest BCUT2D eigenvalue weighted by Gasteiger charge is -2.08. The van der Waals surface area contributed by atoms with Gasteiger partial charge in [-0.2, -0.15) is 15.3 Å². The first-order valence-corrected chi connectivity index (χ1v) is 6.95. The zero-order valence-corrected chi connectivity index (χ0v) is 12.2. The van der Waals surface area contributed by atoms with Crippen LogP contribution in [0.5, 0.6) is 0 Å². The third kappa shape index (κ3) is 2.16. The second kappa shape index (κ2) is 5.20. The summed E-state index contributed by atoms with van der Waals surface area (Å²) in [5.74, 6) is 1.49. The summed E-state index contributed by atoms with van der Waals surface area (Å²) in [6.45, 7) is 2.59. The standard InChI is InChI=1S/C13H15ClN6/c1-9-12-13(19(2)18-9)20(11(16-12)5-6-14)8-10-4-3-7-15-17-10/h3-4,7H,5-6,8H2,1-2H3. The molecule has 0 aliphatic rings. The third-order valence-corrected chi connectivity index (χ3v) is 3.42. The van der Waals surface area contributed by atoms with Crippen LogP contribution in [0.1, 0.15) is 17.2 Å². The van der Waals surface area contributed by atoms with Crippen LogP contribution in [0.15, 0.2) is 18.3 Å². The van der Waals surface area contributed by atoms with E-state index in [0.717, 1.165) is 34.8 Å². The van der Waals surface area contributed by atoms with Crippen molar-refractivity contribution in [2.24, 2.45) is 7.05 Å². The number of imidazole rings is 1. The van der Waals surface area contributed by atoms with Gasteiger partial charge in [-0.05, 0) is 19.1 Å². The van der Waals surface area contributed by atoms with Gasteiger partial charge in [0.05, 0.1) is 17.9 Å². The molecule has 0 saturated carbocycles. The van der Waals surface area contributed by atoms with Gasteiger partial charge in [0.1, 0.15) is 11.3 Å². The van der Waals surface area contributed by atoms with E-state index < -0.39 is 0 Å². The van der Waals surface area contributed by atoms with Crippen LogP contribution in [-0.2, 0) is 20.0 Å². The topological polar surface area (TPSA) is 61.4 Å². The van der Waals surface area contributed by atoms with Crippen LogP contribution in [0.25, 0.3) is 11.2 Å². The fraction of sp³-hybridized carbons (Fsp3) is 0.385. The van der Waals surface area contributed by atoms with Crippen LogP contribution in [0.4, 0.5) is 0 Å². The molecule has 0 radical (unpaired) electrons. The summed E-state index contributed by atoms with van der Waals surface area (Å²) in [5, 5.41) is 12.5. The summed E-state index contributed by atoms with van der Waals surface area (Å²) in [4.78, 5) is 4.67. The fourth-order valence-corrected chi connectivity index (χ4v) is 2.57. The van der Waals surface area contributed by atoms with Gasteiger partial charge in [0.25, 0.3) is 0 Å². The van der Waals surface area contributed by atoms with Crippen LogP contribution < -0.4 is 0 Å². The smallest absolute Gasteiger partial charge is 0.159 e. The average molecular weight is 291 g/mol. The van der Waals surface area contributed by atoms with E-state index in [2.05, 4.69) is 24.8 Å². The molecule has 0 aromatic carbocycles. The zero-order chi connectivity index (χ0) is 14.1. The number of halogens is 1. The first-order chi connectivity index (χ1) is 9.70. The van der Waals surface area contributed by atoms with Crippen LogP contribution in [0, 0.1) is 6.92 Å². The molecule has 0 N–H and O–H groups in total. The normalized spacial score (nSPS) is 11.3. The molecule has 3 rings (SSSR count). The average Bonchev–Trinajstić information content (AvgIpc) is 2.92. The van der Waals surface area contributed by atoms with Crippen molar-refractivity contribution in [3.05, 3.63) is 35.5 Å². The molecule has 3 aromatic rings. The van der Waals surface area contributed by atoms with E-state index in [-0.39, 0.29) is 0 Å². The van der Waals surface area contributed by atoms with E-state index in [1.807, 2.05) is 30.8 Å². The molecular formula is C13H15ClN6. The summed E-state index contributed by atoms with van der Waals surface area (Å²) < 4.78 is 3.97. The number of aromatic nitrogens is 6. The van der Waals surface area contributed by atoms with Crippen LogP contribution in [0.2, 0.25) is 0 Å². The highest BCUT2D eigenvalue weighted by molar-refractivity contribution is 6.17. The molecule has 3 aromatic heterocycles. The van der Waals surface area contributed by atoms with Crippen molar-refractivity contribution < 1.29 is 0 Å². The summed E-state index contributed by atoms with van der Waals surface area (Å²) in [6.07, 6.45) is 2.39. The van der Waals surface area contributed by atoms with Gasteiger partial charge in [0.2, 0.25) is 0 Å². The Balaban J connectivity index is 2.13. The zero-order valence-electron chi connectivity index (χ0n) is 11.4. The molecular weight excluding hydrogens is 276 g/mol. The fourth-order valence-electron chi connectivity index (χ4n) is 2.40. The monoisotopic (exact) mass is 290 g/mol. The molecule has 0 atom stereocenters. The molecule has 0 spiro atoms. The van der Waals surface area contributed by atoms with Gasteiger partial charge in [0, 0.05) is 25.5 Å². The maximum atomic E-state index is 5.88. The first kappa shape index (κ1) is 13.1. The molecule has 3 heterocycles. The molecule has 0 fully saturated rings. The van der Waals surface area contributed by atoms with Gasteiger partial charge in [-0.15, -0.1) is 11.6 Å². The summed E-state index contributed by atoms with van der Waals surface area (Å²) in [7, 11) is 1.93. The Hall–Kier alpha value is -1.95. The van der Waals surface area contributed by atoms with Crippen molar-refractivity contribution in [1.29, 1.82) is 0 Å². The molecule has 20 heavy (non-hydrogen) atoms. The molecule has 0 bridgehead atoms. The first-order valence-electron chi connectivity index (χ1n) is 6.42. The summed E-state index contributed by atoms with van der Waals surface area (Å²) >= 11 is 5.88. The lowest BCUT2D eigenvalue weighted by atomic mass is 10.3. The number of aryl methyl sites for hydroxylation is 3. The van der Waals surface area contributed by atoms with Crippen molar-refractivity contribution in [2.75, 3.05) is 5.88 Å². The predicted octanol–water partition coefficient (Wildman–Crippen LogP) is 1.70. The van der Waals surface area contributed by atoms with Gasteiger partial charge in [0.15, 0.2) is 5.65 Å². The number of alkyl halides is 1. The Labute approximate surface area is 121 Å². The molecule has 0 unspecified atom stereocenters. The van der Waals surface area contributed by atoms with Crippen molar-refractivity contribution in [3.8, 4) is 0 Å². The van der Waals surface area contributed by atoms with Gasteiger partial charge in [-0.25, -0.2) is 4.98 Å². The molecule has 0 amide bonds. The summed E-state index contributed by atoms with van der Waals surface area (Å²) in [5.41, 5.74) is 3.74. The number of hydrogen-bond donors (Lipinski definition) is 0. The van der Waals surface area contributed by atoms with E-state index >= 15 is 0 Å². The van der Waals surface area contributed by atoms with E-state index in [9.17, 15) is 0 Å². The van der Waals surface area contributed by atoms with Crippen molar-refractivity contribution in [2.45, 2.75) is 19.9 Å². The van der Waals surface area contributed by atoms with E-state index in [0.29, 0.717) is 12.4 Å². The van der Waals surface area contributed by atoms with Gasteiger partial charge >= 0.3 is 0 Å². The lowest BCUT2D eigenvalue weighted by Crippen LogP contribution is -2.10.